The van der Waals surface area contributed by atoms with Gasteiger partial charge in [0.25, 0.3) is 0 Å². The minimum absolute atomic E-state index is 0.0945. The summed E-state index contributed by atoms with van der Waals surface area (Å²) in [6.07, 6.45) is 1.13. The third-order valence-electron chi connectivity index (χ3n) is 1.47. The molecule has 0 unspecified atom stereocenters. The number of oxime groups is 1. The number of amides is 1. The lowest BCUT2D eigenvalue weighted by atomic mass is 10.4. The van der Waals surface area contributed by atoms with Crippen LogP contribution >= 0.6 is 11.5 Å². The molecule has 0 fully saturated rings. The van der Waals surface area contributed by atoms with Crippen LogP contribution in [-0.4, -0.2) is 39.2 Å². The van der Waals surface area contributed by atoms with Gasteiger partial charge in [0, 0.05) is 11.5 Å². The number of hydrogen-bond acceptors (Lipinski definition) is 7. The summed E-state index contributed by atoms with van der Waals surface area (Å²) in [5, 5.41) is 14.8. The Morgan fingerprint density at radius 3 is 3.06 bits per heavy atom. The summed E-state index contributed by atoms with van der Waals surface area (Å²) in [5.41, 5.74) is -0.395. The molecule has 1 aromatic rings. The summed E-state index contributed by atoms with van der Waals surface area (Å²) in [6.45, 7) is 2.17. The molecule has 0 aromatic carbocycles. The molecule has 0 aliphatic heterocycles. The van der Waals surface area contributed by atoms with Gasteiger partial charge in [-0.1, -0.05) is 12.1 Å². The lowest BCUT2D eigenvalue weighted by molar-refractivity contribution is -0.129. The van der Waals surface area contributed by atoms with Gasteiger partial charge in [-0.15, -0.1) is 0 Å². The van der Waals surface area contributed by atoms with E-state index in [4.69, 9.17) is 9.94 Å². The SMILES string of the molecule is CCCO/N=C(/C(=O)O)c1nsc(NC=O)n1. The van der Waals surface area contributed by atoms with Crippen LogP contribution in [0, 0.1) is 0 Å². The molecule has 1 heterocycles. The zero-order chi connectivity index (χ0) is 12.7. The quantitative estimate of drug-likeness (QED) is 0.315. The third-order valence-corrected chi connectivity index (χ3v) is 2.12. The predicted molar refractivity (Wildman–Crippen MR) is 60.0 cm³/mol. The summed E-state index contributed by atoms with van der Waals surface area (Å²) in [6, 6.07) is 0. The highest BCUT2D eigenvalue weighted by atomic mass is 32.1. The second kappa shape index (κ2) is 6.53. The number of aromatic nitrogens is 2. The van der Waals surface area contributed by atoms with E-state index in [1.807, 2.05) is 6.92 Å². The summed E-state index contributed by atoms with van der Waals surface area (Å²) < 4.78 is 3.75. The number of carboxylic acid groups (broad SMARTS) is 1. The van der Waals surface area contributed by atoms with Gasteiger partial charge in [-0.05, 0) is 6.42 Å². The number of carbonyl (C=O) groups excluding carboxylic acids is 1. The van der Waals surface area contributed by atoms with E-state index in [1.165, 1.54) is 0 Å². The molecule has 8 nitrogen and oxygen atoms in total. The third kappa shape index (κ3) is 3.79. The highest BCUT2D eigenvalue weighted by Crippen LogP contribution is 2.10. The molecule has 0 atom stereocenters. The van der Waals surface area contributed by atoms with Crippen molar-refractivity contribution in [1.29, 1.82) is 0 Å². The van der Waals surface area contributed by atoms with E-state index >= 15 is 0 Å². The molecular formula is C8H10N4O4S. The summed E-state index contributed by atoms with van der Waals surface area (Å²) in [4.78, 5) is 29.6. The van der Waals surface area contributed by atoms with Gasteiger partial charge in [0.2, 0.25) is 23.1 Å². The Balaban J connectivity index is 2.85. The van der Waals surface area contributed by atoms with Crippen molar-refractivity contribution >= 4 is 34.8 Å². The summed E-state index contributed by atoms with van der Waals surface area (Å²) in [7, 11) is 0. The molecule has 1 rings (SSSR count). The minimum atomic E-state index is -1.29. The second-order valence-electron chi connectivity index (χ2n) is 2.76. The maximum absolute atomic E-state index is 10.9. The van der Waals surface area contributed by atoms with E-state index < -0.39 is 11.7 Å². The van der Waals surface area contributed by atoms with Crippen molar-refractivity contribution in [3.63, 3.8) is 0 Å². The molecule has 9 heteroatoms. The predicted octanol–water partition coefficient (Wildman–Crippen LogP) is 0.322. The highest BCUT2D eigenvalue weighted by Gasteiger charge is 2.19. The first-order chi connectivity index (χ1) is 8.19. The zero-order valence-corrected chi connectivity index (χ0v) is 9.73. The molecule has 17 heavy (non-hydrogen) atoms. The lowest BCUT2D eigenvalue weighted by Crippen LogP contribution is -2.17. The number of hydrogen-bond donors (Lipinski definition) is 2. The molecule has 1 aromatic heterocycles. The van der Waals surface area contributed by atoms with Crippen LogP contribution in [0.2, 0.25) is 0 Å². The van der Waals surface area contributed by atoms with Gasteiger partial charge in [0.05, 0.1) is 0 Å². The monoisotopic (exact) mass is 258 g/mol. The Morgan fingerprint density at radius 2 is 2.47 bits per heavy atom. The van der Waals surface area contributed by atoms with Gasteiger partial charge in [-0.2, -0.15) is 9.36 Å². The van der Waals surface area contributed by atoms with Crippen molar-refractivity contribution < 1.29 is 19.5 Å². The van der Waals surface area contributed by atoms with Crippen molar-refractivity contribution in [2.45, 2.75) is 13.3 Å². The largest absolute Gasteiger partial charge is 0.476 e. The Kier molecular flexibility index (Phi) is 5.01. The van der Waals surface area contributed by atoms with E-state index in [0.29, 0.717) is 19.4 Å². The lowest BCUT2D eigenvalue weighted by Gasteiger charge is -1.97. The van der Waals surface area contributed by atoms with Gasteiger partial charge in [0.15, 0.2) is 0 Å². The van der Waals surface area contributed by atoms with Gasteiger partial charge in [-0.25, -0.2) is 4.79 Å². The molecule has 0 bridgehead atoms. The van der Waals surface area contributed by atoms with Crippen LogP contribution in [0.1, 0.15) is 19.2 Å². The van der Waals surface area contributed by atoms with Crippen LogP contribution in [-0.2, 0) is 14.4 Å². The molecule has 0 spiro atoms. The smallest absolute Gasteiger partial charge is 0.362 e. The second-order valence-corrected chi connectivity index (χ2v) is 3.52. The fraction of sp³-hybridized carbons (Fsp3) is 0.375. The normalized spacial score (nSPS) is 11.0. The van der Waals surface area contributed by atoms with E-state index in [9.17, 15) is 9.59 Å². The van der Waals surface area contributed by atoms with E-state index in [-0.39, 0.29) is 11.0 Å². The average Bonchev–Trinajstić information content (AvgIpc) is 2.73. The molecule has 2 N–H and O–H groups in total. The number of nitrogens with zero attached hydrogens (tertiary/aromatic N) is 3. The molecular weight excluding hydrogens is 248 g/mol. The number of nitrogens with one attached hydrogen (secondary N) is 1. The van der Waals surface area contributed by atoms with E-state index in [1.54, 1.807) is 0 Å². The molecule has 0 saturated carbocycles. The topological polar surface area (TPSA) is 114 Å². The van der Waals surface area contributed by atoms with Crippen LogP contribution in [0.25, 0.3) is 0 Å². The molecule has 0 radical (unpaired) electrons. The fourth-order valence-electron chi connectivity index (χ4n) is 0.806. The van der Waals surface area contributed by atoms with Crippen LogP contribution in [0.5, 0.6) is 0 Å². The number of carbonyl (C=O) groups is 2. The summed E-state index contributed by atoms with van der Waals surface area (Å²) >= 11 is 0.856. The molecule has 92 valence electrons. The van der Waals surface area contributed by atoms with Gasteiger partial charge in [0.1, 0.15) is 6.61 Å². The first-order valence-electron chi connectivity index (χ1n) is 4.66. The highest BCUT2D eigenvalue weighted by molar-refractivity contribution is 7.10. The summed E-state index contributed by atoms with van der Waals surface area (Å²) in [5.74, 6) is -1.39. The molecule has 0 aliphatic rings. The van der Waals surface area contributed by atoms with Gasteiger partial charge < -0.3 is 15.3 Å². The minimum Gasteiger partial charge on any atom is -0.476 e. The Hall–Kier alpha value is -2.03. The molecule has 0 saturated heterocycles. The Bertz CT molecular complexity index is 431. The van der Waals surface area contributed by atoms with Gasteiger partial charge >= 0.3 is 5.97 Å². The van der Waals surface area contributed by atoms with Crippen LogP contribution < -0.4 is 5.32 Å². The standard InChI is InChI=1S/C8H10N4O4S/c1-2-3-16-11-5(7(14)15)6-10-8(9-4-13)17-12-6/h4H,2-3H2,1H3,(H,14,15)(H,9,10,12,13)/b11-5+. The molecule has 1 amide bonds. The maximum Gasteiger partial charge on any atom is 0.362 e. The zero-order valence-electron chi connectivity index (χ0n) is 8.91. The first kappa shape index (κ1) is 13.0. The van der Waals surface area contributed by atoms with Crippen molar-refractivity contribution in [3.8, 4) is 0 Å². The van der Waals surface area contributed by atoms with Crippen molar-refractivity contribution in [2.75, 3.05) is 11.9 Å². The van der Waals surface area contributed by atoms with Crippen molar-refractivity contribution in [2.24, 2.45) is 5.16 Å². The van der Waals surface area contributed by atoms with Gasteiger partial charge in [-0.3, -0.25) is 4.79 Å². The van der Waals surface area contributed by atoms with Crippen LogP contribution in [0.3, 0.4) is 0 Å². The van der Waals surface area contributed by atoms with Crippen LogP contribution in [0.15, 0.2) is 5.16 Å². The van der Waals surface area contributed by atoms with Crippen LogP contribution in [0.4, 0.5) is 5.13 Å². The molecule has 0 aliphatic carbocycles. The average molecular weight is 258 g/mol. The number of rotatable bonds is 7. The van der Waals surface area contributed by atoms with E-state index in [2.05, 4.69) is 19.8 Å². The first-order valence-corrected chi connectivity index (χ1v) is 5.43. The fourth-order valence-corrected chi connectivity index (χ4v) is 1.33. The van der Waals surface area contributed by atoms with E-state index in [0.717, 1.165) is 11.5 Å². The number of anilines is 1. The van der Waals surface area contributed by atoms with Crippen molar-refractivity contribution in [3.05, 3.63) is 5.82 Å². The number of carboxylic acids is 1. The number of aliphatic carboxylic acids is 1. The Labute approximate surface area is 100 Å². The van der Waals surface area contributed by atoms with Crippen molar-refractivity contribution in [1.82, 2.24) is 9.36 Å². The maximum atomic E-state index is 10.9. The Morgan fingerprint density at radius 1 is 1.71 bits per heavy atom.